The van der Waals surface area contributed by atoms with Crippen molar-refractivity contribution < 1.29 is 31.8 Å². The third-order valence-electron chi connectivity index (χ3n) is 5.21. The first kappa shape index (κ1) is 26.1. The zero-order valence-corrected chi connectivity index (χ0v) is 19.5. The largest absolute Gasteiger partial charge is 0.494 e. The Morgan fingerprint density at radius 2 is 1.91 bits per heavy atom. The predicted octanol–water partition coefficient (Wildman–Crippen LogP) is 5.67. The summed E-state index contributed by atoms with van der Waals surface area (Å²) in [5, 5.41) is 13.0. The molecule has 0 fully saturated rings. The Kier molecular flexibility index (Phi) is 7.69. The fourth-order valence-electron chi connectivity index (χ4n) is 3.48. The number of hydrogen-bond acceptors (Lipinski definition) is 5. The van der Waals surface area contributed by atoms with Crippen LogP contribution >= 0.6 is 23.4 Å². The monoisotopic (exact) mass is 522 g/mol. The van der Waals surface area contributed by atoms with Crippen molar-refractivity contribution in [3.8, 4) is 5.75 Å². The molecule has 0 aliphatic rings. The topological polar surface area (TPSA) is 74.4 Å². The van der Waals surface area contributed by atoms with Crippen LogP contribution in [0.1, 0.15) is 18.5 Å². The molecule has 0 radical (unpaired) electrons. The van der Waals surface area contributed by atoms with Gasteiger partial charge in [0.15, 0.2) is 17.2 Å². The molecular weight excluding hydrogens is 503 g/mol. The van der Waals surface area contributed by atoms with Crippen molar-refractivity contribution in [2.75, 3.05) is 23.9 Å². The van der Waals surface area contributed by atoms with Crippen LogP contribution in [0.4, 0.5) is 27.6 Å². The summed E-state index contributed by atoms with van der Waals surface area (Å²) < 4.78 is 76.8. The van der Waals surface area contributed by atoms with Gasteiger partial charge in [0, 0.05) is 22.9 Å². The van der Waals surface area contributed by atoms with Gasteiger partial charge in [-0.15, -0.1) is 0 Å². The number of fused-ring (bicyclic) bond motifs is 1. The quantitative estimate of drug-likeness (QED) is 0.333. The molecule has 1 aromatic heterocycles. The number of hydrogen-bond donors (Lipinski definition) is 3. The lowest BCUT2D eigenvalue weighted by Crippen LogP contribution is -2.54. The van der Waals surface area contributed by atoms with Gasteiger partial charge in [-0.25, -0.2) is 8.78 Å². The maximum absolute atomic E-state index is 14.7. The molecule has 3 rings (SSSR count). The van der Waals surface area contributed by atoms with E-state index in [4.69, 9.17) is 16.3 Å². The number of alkyl halides is 3. The second-order valence-corrected chi connectivity index (χ2v) is 9.01. The number of benzene rings is 2. The van der Waals surface area contributed by atoms with Crippen molar-refractivity contribution in [1.82, 2.24) is 4.98 Å². The van der Waals surface area contributed by atoms with Gasteiger partial charge in [-0.05, 0) is 35.6 Å². The van der Waals surface area contributed by atoms with Crippen LogP contribution in [0.25, 0.3) is 10.9 Å². The second-order valence-electron chi connectivity index (χ2n) is 7.36. The molecule has 0 unspecified atom stereocenters. The first-order chi connectivity index (χ1) is 15.9. The van der Waals surface area contributed by atoms with Crippen molar-refractivity contribution in [3.05, 3.63) is 69.0 Å². The Bertz CT molecular complexity index is 1250. The van der Waals surface area contributed by atoms with Gasteiger partial charge in [-0.1, -0.05) is 24.6 Å². The van der Waals surface area contributed by atoms with E-state index < -0.39 is 51.4 Å². The molecule has 0 saturated carbocycles. The van der Waals surface area contributed by atoms with Gasteiger partial charge in [-0.3, -0.25) is 4.79 Å². The van der Waals surface area contributed by atoms with E-state index in [9.17, 15) is 31.9 Å². The van der Waals surface area contributed by atoms with Gasteiger partial charge >= 0.3 is 6.18 Å². The molecule has 0 bridgehead atoms. The number of methoxy groups -OCH3 is 1. The Balaban J connectivity index is 2.28. The number of anilines is 1. The van der Waals surface area contributed by atoms with Gasteiger partial charge in [-0.2, -0.15) is 24.9 Å². The smallest absolute Gasteiger partial charge is 0.420 e. The molecule has 2 aromatic carbocycles. The summed E-state index contributed by atoms with van der Waals surface area (Å²) in [5.41, 5.74) is -4.57. The van der Waals surface area contributed by atoms with Crippen molar-refractivity contribution in [2.24, 2.45) is 0 Å². The number of aliphatic hydroxyl groups is 1. The van der Waals surface area contributed by atoms with E-state index >= 15 is 0 Å². The normalized spacial score (nSPS) is 14.6. The molecule has 184 valence electrons. The lowest BCUT2D eigenvalue weighted by atomic mass is 9.88. The van der Waals surface area contributed by atoms with E-state index in [1.165, 1.54) is 6.07 Å². The van der Waals surface area contributed by atoms with E-state index in [0.29, 0.717) is 0 Å². The summed E-state index contributed by atoms with van der Waals surface area (Å²) in [4.78, 5) is 14.0. The van der Waals surface area contributed by atoms with Gasteiger partial charge in [0.25, 0.3) is 0 Å². The molecule has 3 N–H and O–H groups in total. The minimum absolute atomic E-state index is 0.0132. The van der Waals surface area contributed by atoms with Crippen LogP contribution in [-0.2, 0) is 0 Å². The number of nitrogens with one attached hydrogen (secondary N) is 2. The van der Waals surface area contributed by atoms with Crippen LogP contribution in [0, 0.1) is 11.6 Å². The van der Waals surface area contributed by atoms with Gasteiger partial charge in [0.1, 0.15) is 5.82 Å². The van der Waals surface area contributed by atoms with E-state index in [-0.39, 0.29) is 28.1 Å². The number of thioether (sulfide) groups is 1. The number of H-pyrrole nitrogens is 1. The highest BCUT2D eigenvalue weighted by Gasteiger charge is 2.59. The average molecular weight is 523 g/mol. The molecule has 0 spiro atoms. The zero-order valence-electron chi connectivity index (χ0n) is 17.9. The van der Waals surface area contributed by atoms with Crippen molar-refractivity contribution in [2.45, 2.75) is 24.7 Å². The summed E-state index contributed by atoms with van der Waals surface area (Å²) >= 11 is 6.91. The molecule has 1 heterocycles. The Morgan fingerprint density at radius 3 is 2.53 bits per heavy atom. The molecule has 0 aliphatic heterocycles. The highest BCUT2D eigenvalue weighted by Crippen LogP contribution is 2.47. The van der Waals surface area contributed by atoms with E-state index in [1.54, 1.807) is 6.92 Å². The van der Waals surface area contributed by atoms with Crippen LogP contribution in [0.5, 0.6) is 5.75 Å². The third kappa shape index (κ3) is 4.96. The number of halogens is 6. The van der Waals surface area contributed by atoms with Gasteiger partial charge in [0.2, 0.25) is 5.56 Å². The molecule has 0 aliphatic carbocycles. The summed E-state index contributed by atoms with van der Waals surface area (Å²) in [6.07, 6.45) is -5.19. The molecule has 0 amide bonds. The number of aromatic amines is 1. The molecule has 12 heteroatoms. The predicted molar refractivity (Wildman–Crippen MR) is 123 cm³/mol. The average Bonchev–Trinajstić information content (AvgIpc) is 2.76. The van der Waals surface area contributed by atoms with Crippen LogP contribution < -0.4 is 15.6 Å². The van der Waals surface area contributed by atoms with Crippen molar-refractivity contribution in [3.63, 3.8) is 0 Å². The third-order valence-corrected chi connectivity index (χ3v) is 6.64. The standard InChI is InChI=1S/C22H20ClF5N2O3S/c1-3-34-10-21(32,22(26,27)28)20(13-4-6-16(33-2)19(25)18(13)23)30-15-9-11(24)8-14-12(15)5-7-17(31)29-14/h4-9,20,30,32H,3,10H2,1-2H3,(H,29,31)/t20-,21+/m0/s1. The number of aromatic nitrogens is 1. The fourth-order valence-corrected chi connectivity index (χ4v) is 4.59. The molecule has 34 heavy (non-hydrogen) atoms. The Morgan fingerprint density at radius 1 is 1.21 bits per heavy atom. The Hall–Kier alpha value is -2.50. The summed E-state index contributed by atoms with van der Waals surface area (Å²) in [6, 6.07) is 4.43. The van der Waals surface area contributed by atoms with E-state index in [0.717, 1.165) is 49.2 Å². The van der Waals surface area contributed by atoms with Crippen molar-refractivity contribution in [1.29, 1.82) is 0 Å². The SMILES string of the molecule is CCSC[C@@](O)([C@@H](Nc1cc(F)cc2[nH]c(=O)ccc12)c1ccc(OC)c(F)c1Cl)C(F)(F)F. The fraction of sp³-hybridized carbons (Fsp3) is 0.318. The van der Waals surface area contributed by atoms with Crippen molar-refractivity contribution >= 4 is 40.0 Å². The van der Waals surface area contributed by atoms with E-state index in [2.05, 4.69) is 10.3 Å². The molecule has 0 saturated heterocycles. The maximum atomic E-state index is 14.7. The van der Waals surface area contributed by atoms with Crippen LogP contribution in [0.3, 0.4) is 0 Å². The first-order valence-electron chi connectivity index (χ1n) is 9.90. The molecular formula is C22H20ClF5N2O3S. The summed E-state index contributed by atoms with van der Waals surface area (Å²) in [6.45, 7) is 1.61. The number of rotatable bonds is 8. The number of pyridine rings is 1. The minimum Gasteiger partial charge on any atom is -0.494 e. The minimum atomic E-state index is -5.19. The lowest BCUT2D eigenvalue weighted by molar-refractivity contribution is -0.256. The van der Waals surface area contributed by atoms with Crippen LogP contribution in [0.15, 0.2) is 41.2 Å². The van der Waals surface area contributed by atoms with Crippen LogP contribution in [0.2, 0.25) is 5.02 Å². The summed E-state index contributed by atoms with van der Waals surface area (Å²) in [5.74, 6) is -2.85. The van der Waals surface area contributed by atoms with Gasteiger partial charge in [0.05, 0.1) is 23.7 Å². The highest BCUT2D eigenvalue weighted by molar-refractivity contribution is 7.99. The number of ether oxygens (including phenoxy) is 1. The van der Waals surface area contributed by atoms with E-state index in [1.807, 2.05) is 0 Å². The van der Waals surface area contributed by atoms with Crippen LogP contribution in [-0.4, -0.2) is 40.5 Å². The first-order valence-corrected chi connectivity index (χ1v) is 11.4. The Labute approximate surface area is 200 Å². The van der Waals surface area contributed by atoms with Gasteiger partial charge < -0.3 is 20.1 Å². The molecule has 5 nitrogen and oxygen atoms in total. The summed E-state index contributed by atoms with van der Waals surface area (Å²) in [7, 11) is 1.16. The zero-order chi connectivity index (χ0) is 25.3. The molecule has 3 aromatic rings. The second kappa shape index (κ2) is 10.0. The maximum Gasteiger partial charge on any atom is 0.420 e. The lowest BCUT2D eigenvalue weighted by Gasteiger charge is -2.39. The highest BCUT2D eigenvalue weighted by atomic mass is 35.5. The molecule has 2 atom stereocenters.